The largest absolute Gasteiger partial charge is 0.385 e. The van der Waals surface area contributed by atoms with Gasteiger partial charge in [0, 0.05) is 42.9 Å². The average Bonchev–Trinajstić information content (AvgIpc) is 2.52. The Hall–Kier alpha value is -2.11. The van der Waals surface area contributed by atoms with Gasteiger partial charge < -0.3 is 15.4 Å². The van der Waals surface area contributed by atoms with Crippen LogP contribution in [-0.2, 0) is 4.74 Å². The Labute approximate surface area is 134 Å². The molecule has 0 atom stereocenters. The van der Waals surface area contributed by atoms with Gasteiger partial charge in [-0.1, -0.05) is 17.7 Å². The zero-order chi connectivity index (χ0) is 15.8. The molecule has 1 aromatic heterocycles. The summed E-state index contributed by atoms with van der Waals surface area (Å²) in [5.41, 5.74) is 1.99. The molecule has 2 rings (SSSR count). The molecule has 2 N–H and O–H groups in total. The normalized spacial score (nSPS) is 10.3. The molecule has 22 heavy (non-hydrogen) atoms. The molecule has 0 aliphatic carbocycles. The Balaban J connectivity index is 1.98. The number of carbonyl (C=O) groups is 1. The first-order chi connectivity index (χ1) is 10.7. The number of aromatic nitrogens is 1. The predicted molar refractivity (Wildman–Crippen MR) is 87.8 cm³/mol. The van der Waals surface area contributed by atoms with Crippen molar-refractivity contribution in [3.8, 4) is 0 Å². The smallest absolute Gasteiger partial charge is 0.269 e. The minimum Gasteiger partial charge on any atom is -0.385 e. The molecule has 0 fully saturated rings. The van der Waals surface area contributed by atoms with Crippen molar-refractivity contribution in [3.05, 3.63) is 53.3 Å². The van der Waals surface area contributed by atoms with Gasteiger partial charge in [0.2, 0.25) is 0 Å². The molecule has 1 aromatic carbocycles. The molecule has 0 radical (unpaired) electrons. The van der Waals surface area contributed by atoms with E-state index in [1.165, 1.54) is 0 Å². The number of benzene rings is 1. The summed E-state index contributed by atoms with van der Waals surface area (Å²) in [6.45, 7) is 1.17. The van der Waals surface area contributed by atoms with Crippen molar-refractivity contribution < 1.29 is 9.53 Å². The Morgan fingerprint density at radius 1 is 1.27 bits per heavy atom. The summed E-state index contributed by atoms with van der Waals surface area (Å²) >= 11 is 5.95. The highest BCUT2D eigenvalue weighted by Crippen LogP contribution is 2.20. The van der Waals surface area contributed by atoms with Crippen molar-refractivity contribution in [3.63, 3.8) is 0 Å². The topological polar surface area (TPSA) is 63.2 Å². The van der Waals surface area contributed by atoms with E-state index in [1.54, 1.807) is 31.5 Å². The van der Waals surface area contributed by atoms with E-state index >= 15 is 0 Å². The molecular weight excluding hydrogens is 302 g/mol. The van der Waals surface area contributed by atoms with Crippen LogP contribution in [0.3, 0.4) is 0 Å². The monoisotopic (exact) mass is 319 g/mol. The molecule has 0 bridgehead atoms. The number of anilines is 2. The maximum atomic E-state index is 12.0. The second-order valence-corrected chi connectivity index (χ2v) is 5.10. The highest BCUT2D eigenvalue weighted by Gasteiger charge is 2.07. The number of amides is 1. The van der Waals surface area contributed by atoms with Crippen molar-refractivity contribution in [2.24, 2.45) is 0 Å². The molecule has 0 saturated heterocycles. The number of pyridine rings is 1. The van der Waals surface area contributed by atoms with Gasteiger partial charge in [-0.25, -0.2) is 0 Å². The van der Waals surface area contributed by atoms with Crippen LogP contribution in [0.25, 0.3) is 0 Å². The van der Waals surface area contributed by atoms with Gasteiger partial charge in [-0.2, -0.15) is 0 Å². The van der Waals surface area contributed by atoms with Crippen LogP contribution >= 0.6 is 11.6 Å². The predicted octanol–water partition coefficient (Wildman–Crippen LogP) is 3.24. The van der Waals surface area contributed by atoms with E-state index in [2.05, 4.69) is 15.6 Å². The minimum absolute atomic E-state index is 0.203. The van der Waals surface area contributed by atoms with Crippen LogP contribution in [0.1, 0.15) is 16.9 Å². The Bertz CT molecular complexity index is 634. The number of methoxy groups -OCH3 is 1. The van der Waals surface area contributed by atoms with E-state index in [0.717, 1.165) is 17.8 Å². The third-order valence-electron chi connectivity index (χ3n) is 2.92. The summed E-state index contributed by atoms with van der Waals surface area (Å²) in [5, 5.41) is 6.64. The van der Waals surface area contributed by atoms with Gasteiger partial charge in [-0.15, -0.1) is 0 Å². The van der Waals surface area contributed by atoms with Crippen LogP contribution in [0.15, 0.2) is 42.6 Å². The van der Waals surface area contributed by atoms with Crippen molar-refractivity contribution in [2.45, 2.75) is 6.42 Å². The Kier molecular flexibility index (Phi) is 6.18. The Morgan fingerprint density at radius 2 is 2.09 bits per heavy atom. The summed E-state index contributed by atoms with van der Waals surface area (Å²) in [6.07, 6.45) is 2.36. The van der Waals surface area contributed by atoms with E-state index in [-0.39, 0.29) is 5.91 Å². The number of hydrogen-bond donors (Lipinski definition) is 2. The molecule has 0 unspecified atom stereocenters. The maximum Gasteiger partial charge on any atom is 0.269 e. The van der Waals surface area contributed by atoms with E-state index in [0.29, 0.717) is 23.9 Å². The SMILES string of the molecule is COCCCNC(=O)c1cc(Nc2cccc(Cl)c2)ccn1. The zero-order valence-corrected chi connectivity index (χ0v) is 13.1. The van der Waals surface area contributed by atoms with Gasteiger partial charge >= 0.3 is 0 Å². The fourth-order valence-electron chi connectivity index (χ4n) is 1.87. The van der Waals surface area contributed by atoms with E-state index < -0.39 is 0 Å². The van der Waals surface area contributed by atoms with Crippen molar-refractivity contribution in [2.75, 3.05) is 25.6 Å². The second-order valence-electron chi connectivity index (χ2n) is 4.67. The standard InChI is InChI=1S/C16H18ClN3O2/c1-22-9-3-7-19-16(21)15-11-14(6-8-18-15)20-13-5-2-4-12(17)10-13/h2,4-6,8,10-11H,3,7,9H2,1H3,(H,18,20)(H,19,21). The molecular formula is C16H18ClN3O2. The number of rotatable bonds is 7. The molecule has 116 valence electrons. The molecule has 0 aliphatic rings. The lowest BCUT2D eigenvalue weighted by molar-refractivity contribution is 0.0943. The van der Waals surface area contributed by atoms with Crippen molar-refractivity contribution in [1.82, 2.24) is 10.3 Å². The maximum absolute atomic E-state index is 12.0. The summed E-state index contributed by atoms with van der Waals surface area (Å²) in [7, 11) is 1.63. The quantitative estimate of drug-likeness (QED) is 0.769. The van der Waals surface area contributed by atoms with Crippen LogP contribution in [0.5, 0.6) is 0 Å². The third kappa shape index (κ3) is 5.02. The number of hydrogen-bond acceptors (Lipinski definition) is 4. The molecule has 1 amide bonds. The van der Waals surface area contributed by atoms with Crippen LogP contribution < -0.4 is 10.6 Å². The van der Waals surface area contributed by atoms with Gasteiger partial charge in [0.25, 0.3) is 5.91 Å². The fraction of sp³-hybridized carbons (Fsp3) is 0.250. The average molecular weight is 320 g/mol. The lowest BCUT2D eigenvalue weighted by Gasteiger charge is -2.09. The van der Waals surface area contributed by atoms with Gasteiger partial charge in [0.15, 0.2) is 0 Å². The highest BCUT2D eigenvalue weighted by atomic mass is 35.5. The molecule has 0 spiro atoms. The first-order valence-electron chi connectivity index (χ1n) is 6.95. The summed E-state index contributed by atoms with van der Waals surface area (Å²) < 4.78 is 4.94. The van der Waals surface area contributed by atoms with Gasteiger partial charge in [0.05, 0.1) is 0 Å². The molecule has 5 nitrogen and oxygen atoms in total. The lowest BCUT2D eigenvalue weighted by atomic mass is 10.2. The number of ether oxygens (including phenoxy) is 1. The number of carbonyl (C=O) groups excluding carboxylic acids is 1. The van der Waals surface area contributed by atoms with Crippen LogP contribution in [0, 0.1) is 0 Å². The Morgan fingerprint density at radius 3 is 2.86 bits per heavy atom. The number of nitrogens with zero attached hydrogens (tertiary/aromatic N) is 1. The van der Waals surface area contributed by atoms with Crippen LogP contribution in [-0.4, -0.2) is 31.2 Å². The van der Waals surface area contributed by atoms with Gasteiger partial charge in [0.1, 0.15) is 5.69 Å². The fourth-order valence-corrected chi connectivity index (χ4v) is 2.06. The molecule has 0 saturated carbocycles. The lowest BCUT2D eigenvalue weighted by Crippen LogP contribution is -2.26. The highest BCUT2D eigenvalue weighted by molar-refractivity contribution is 6.30. The third-order valence-corrected chi connectivity index (χ3v) is 3.15. The summed E-state index contributed by atoms with van der Waals surface area (Å²) in [4.78, 5) is 16.1. The van der Waals surface area contributed by atoms with E-state index in [1.807, 2.05) is 18.2 Å². The first kappa shape index (κ1) is 16.3. The molecule has 0 aliphatic heterocycles. The van der Waals surface area contributed by atoms with Crippen molar-refractivity contribution in [1.29, 1.82) is 0 Å². The van der Waals surface area contributed by atoms with Crippen LogP contribution in [0.4, 0.5) is 11.4 Å². The summed E-state index contributed by atoms with van der Waals surface area (Å²) in [5.74, 6) is -0.203. The molecule has 2 aromatic rings. The number of halogens is 1. The number of nitrogens with one attached hydrogen (secondary N) is 2. The van der Waals surface area contributed by atoms with Gasteiger partial charge in [-0.3, -0.25) is 9.78 Å². The second kappa shape index (κ2) is 8.36. The van der Waals surface area contributed by atoms with Crippen LogP contribution in [0.2, 0.25) is 5.02 Å². The van der Waals surface area contributed by atoms with E-state index in [9.17, 15) is 4.79 Å². The zero-order valence-electron chi connectivity index (χ0n) is 12.3. The van der Waals surface area contributed by atoms with Crippen molar-refractivity contribution >= 4 is 28.9 Å². The minimum atomic E-state index is -0.203. The van der Waals surface area contributed by atoms with Gasteiger partial charge in [-0.05, 0) is 36.8 Å². The molecule has 1 heterocycles. The summed E-state index contributed by atoms with van der Waals surface area (Å²) in [6, 6.07) is 10.9. The first-order valence-corrected chi connectivity index (χ1v) is 7.32. The molecule has 6 heteroatoms. The van der Waals surface area contributed by atoms with E-state index in [4.69, 9.17) is 16.3 Å².